The van der Waals surface area contributed by atoms with Crippen LogP contribution in [-0.2, 0) is 5.88 Å². The molecule has 0 atom stereocenters. The second kappa shape index (κ2) is 4.50. The van der Waals surface area contributed by atoms with E-state index in [0.29, 0.717) is 0 Å². The van der Waals surface area contributed by atoms with Gasteiger partial charge in [0.05, 0.1) is 18.6 Å². The van der Waals surface area contributed by atoms with E-state index in [1.54, 1.807) is 0 Å². The van der Waals surface area contributed by atoms with Crippen LogP contribution in [-0.4, -0.2) is 12.1 Å². The van der Waals surface area contributed by atoms with E-state index in [-0.39, 0.29) is 17.3 Å². The molecule has 1 rings (SSSR count). The zero-order valence-electron chi connectivity index (χ0n) is 7.23. The van der Waals surface area contributed by atoms with Gasteiger partial charge in [-0.3, -0.25) is 4.98 Å². The van der Waals surface area contributed by atoms with E-state index in [9.17, 15) is 13.2 Å². The summed E-state index contributed by atoms with van der Waals surface area (Å²) in [5.74, 6) is -1.52. The molecule has 0 aliphatic carbocycles. The molecule has 0 amide bonds. The molecule has 0 aliphatic rings. The Kier molecular flexibility index (Phi) is 3.57. The van der Waals surface area contributed by atoms with Crippen LogP contribution in [0.5, 0.6) is 5.75 Å². The zero-order valence-corrected chi connectivity index (χ0v) is 7.99. The average molecular weight is 226 g/mol. The van der Waals surface area contributed by atoms with Crippen LogP contribution >= 0.6 is 11.6 Å². The van der Waals surface area contributed by atoms with Crippen molar-refractivity contribution in [3.8, 4) is 5.75 Å². The molecule has 1 heterocycles. The van der Waals surface area contributed by atoms with Crippen molar-refractivity contribution >= 4 is 11.6 Å². The van der Waals surface area contributed by atoms with Gasteiger partial charge in [-0.05, 0) is 0 Å². The molecule has 0 fully saturated rings. The van der Waals surface area contributed by atoms with Gasteiger partial charge in [0, 0.05) is 6.20 Å². The van der Waals surface area contributed by atoms with E-state index >= 15 is 0 Å². The molecule has 14 heavy (non-hydrogen) atoms. The van der Waals surface area contributed by atoms with Crippen LogP contribution in [0.3, 0.4) is 0 Å². The minimum Gasteiger partial charge on any atom is -0.492 e. The quantitative estimate of drug-likeness (QED) is 0.738. The number of aromatic nitrogens is 1. The summed E-state index contributed by atoms with van der Waals surface area (Å²) in [6.07, 6.45) is -2.15. The van der Waals surface area contributed by atoms with E-state index in [4.69, 9.17) is 11.6 Å². The highest BCUT2D eigenvalue weighted by atomic mass is 35.5. The summed E-state index contributed by atoms with van der Waals surface area (Å²) in [4.78, 5) is 3.57. The van der Waals surface area contributed by atoms with Crippen LogP contribution < -0.4 is 4.74 Å². The van der Waals surface area contributed by atoms with Gasteiger partial charge in [0.25, 0.3) is 6.43 Å². The summed E-state index contributed by atoms with van der Waals surface area (Å²) < 4.78 is 42.3. The van der Waals surface area contributed by atoms with Crippen LogP contribution in [0.25, 0.3) is 0 Å². The fraction of sp³-hybridized carbons (Fsp3) is 0.375. The number of alkyl halides is 3. The summed E-state index contributed by atoms with van der Waals surface area (Å²) in [5, 5.41) is 0. The van der Waals surface area contributed by atoms with Crippen molar-refractivity contribution in [1.29, 1.82) is 0 Å². The third kappa shape index (κ3) is 1.92. The van der Waals surface area contributed by atoms with E-state index in [2.05, 4.69) is 9.72 Å². The smallest absolute Gasteiger partial charge is 0.268 e. The van der Waals surface area contributed by atoms with Gasteiger partial charge in [0.1, 0.15) is 5.69 Å². The molecule has 1 aromatic rings. The van der Waals surface area contributed by atoms with Gasteiger partial charge < -0.3 is 4.74 Å². The maximum atomic E-state index is 13.3. The molecule has 0 radical (unpaired) electrons. The highest BCUT2D eigenvalue weighted by Crippen LogP contribution is 2.30. The monoisotopic (exact) mass is 225 g/mol. The van der Waals surface area contributed by atoms with Crippen LogP contribution in [0.4, 0.5) is 13.2 Å². The third-order valence-electron chi connectivity index (χ3n) is 1.64. The van der Waals surface area contributed by atoms with E-state index < -0.39 is 17.8 Å². The Morgan fingerprint density at radius 1 is 1.57 bits per heavy atom. The Bertz CT molecular complexity index is 333. The lowest BCUT2D eigenvalue weighted by Gasteiger charge is -2.09. The molecule has 0 N–H and O–H groups in total. The first kappa shape index (κ1) is 11.1. The van der Waals surface area contributed by atoms with Crippen LogP contribution in [0.2, 0.25) is 0 Å². The van der Waals surface area contributed by atoms with Crippen LogP contribution in [0, 0.1) is 5.82 Å². The number of rotatable bonds is 3. The number of methoxy groups -OCH3 is 1. The van der Waals surface area contributed by atoms with Gasteiger partial charge in [-0.1, -0.05) is 0 Å². The Hall–Kier alpha value is -0.970. The van der Waals surface area contributed by atoms with Gasteiger partial charge in [0.15, 0.2) is 11.6 Å². The summed E-state index contributed by atoms with van der Waals surface area (Å²) in [6, 6.07) is 0. The van der Waals surface area contributed by atoms with E-state index in [0.717, 1.165) is 6.20 Å². The summed E-state index contributed by atoms with van der Waals surface area (Å²) in [7, 11) is 1.17. The van der Waals surface area contributed by atoms with E-state index in [1.807, 2.05) is 0 Å². The molecule has 0 aliphatic heterocycles. The van der Waals surface area contributed by atoms with Crippen molar-refractivity contribution < 1.29 is 17.9 Å². The van der Waals surface area contributed by atoms with Crippen molar-refractivity contribution in [3.63, 3.8) is 0 Å². The van der Waals surface area contributed by atoms with Gasteiger partial charge >= 0.3 is 0 Å². The number of ether oxygens (including phenoxy) is 1. The third-order valence-corrected chi connectivity index (χ3v) is 1.89. The molecule has 0 spiro atoms. The highest BCUT2D eigenvalue weighted by molar-refractivity contribution is 6.17. The molecule has 78 valence electrons. The SMILES string of the molecule is COc1c(CCl)ncc(C(F)F)c1F. The van der Waals surface area contributed by atoms with Crippen molar-refractivity contribution in [3.05, 3.63) is 23.3 Å². The number of pyridine rings is 1. The summed E-state index contributed by atoms with van der Waals surface area (Å²) in [6.45, 7) is 0. The Morgan fingerprint density at radius 2 is 2.21 bits per heavy atom. The largest absolute Gasteiger partial charge is 0.492 e. The Morgan fingerprint density at radius 3 is 2.64 bits per heavy atom. The average Bonchev–Trinajstić information content (AvgIpc) is 2.16. The number of halogens is 4. The standard InChI is InChI=1S/C8H7ClF3NO/c1-14-7-5(2-9)13-3-4(6(7)10)8(11)12/h3,8H,2H2,1H3. The number of nitrogens with zero attached hydrogens (tertiary/aromatic N) is 1. The second-order valence-corrected chi connectivity index (χ2v) is 2.71. The highest BCUT2D eigenvalue weighted by Gasteiger charge is 2.20. The van der Waals surface area contributed by atoms with Gasteiger partial charge in [-0.25, -0.2) is 13.2 Å². The predicted octanol–water partition coefficient (Wildman–Crippen LogP) is 2.91. The van der Waals surface area contributed by atoms with Crippen molar-refractivity contribution in [2.24, 2.45) is 0 Å². The van der Waals surface area contributed by atoms with Gasteiger partial charge in [-0.2, -0.15) is 0 Å². The fourth-order valence-electron chi connectivity index (χ4n) is 0.975. The van der Waals surface area contributed by atoms with Crippen LogP contribution in [0.1, 0.15) is 17.7 Å². The first-order valence-corrected chi connectivity index (χ1v) is 4.20. The molecule has 1 aromatic heterocycles. The summed E-state index contributed by atoms with van der Waals surface area (Å²) >= 11 is 5.42. The minimum atomic E-state index is -2.92. The molecule has 0 saturated carbocycles. The van der Waals surface area contributed by atoms with Gasteiger partial charge in [0.2, 0.25) is 0 Å². The molecule has 6 heteroatoms. The molecule has 2 nitrogen and oxygen atoms in total. The maximum absolute atomic E-state index is 13.3. The first-order valence-electron chi connectivity index (χ1n) is 3.67. The minimum absolute atomic E-state index is 0.0936. The maximum Gasteiger partial charge on any atom is 0.268 e. The van der Waals surface area contributed by atoms with Crippen molar-refractivity contribution in [2.45, 2.75) is 12.3 Å². The molecular formula is C8H7ClF3NO. The lowest BCUT2D eigenvalue weighted by atomic mass is 10.2. The summed E-state index contributed by atoms with van der Waals surface area (Å²) in [5.41, 5.74) is -0.674. The zero-order chi connectivity index (χ0) is 10.7. The van der Waals surface area contributed by atoms with Crippen molar-refractivity contribution in [1.82, 2.24) is 4.98 Å². The normalized spacial score (nSPS) is 10.7. The van der Waals surface area contributed by atoms with Crippen LogP contribution in [0.15, 0.2) is 6.20 Å². The molecule has 0 aromatic carbocycles. The predicted molar refractivity (Wildman–Crippen MR) is 45.3 cm³/mol. The van der Waals surface area contributed by atoms with Crippen molar-refractivity contribution in [2.75, 3.05) is 7.11 Å². The molecule has 0 bridgehead atoms. The lowest BCUT2D eigenvalue weighted by Crippen LogP contribution is -2.01. The lowest BCUT2D eigenvalue weighted by molar-refractivity contribution is 0.144. The Balaban J connectivity index is 3.27. The van der Waals surface area contributed by atoms with E-state index in [1.165, 1.54) is 7.11 Å². The molecule has 0 unspecified atom stereocenters. The fourth-order valence-corrected chi connectivity index (χ4v) is 1.17. The molecular weight excluding hydrogens is 219 g/mol. The molecule has 0 saturated heterocycles. The Labute approximate surface area is 83.7 Å². The second-order valence-electron chi connectivity index (χ2n) is 2.44. The van der Waals surface area contributed by atoms with Gasteiger partial charge in [-0.15, -0.1) is 11.6 Å². The topological polar surface area (TPSA) is 22.1 Å². The first-order chi connectivity index (χ1) is 6.61. The number of hydrogen-bond acceptors (Lipinski definition) is 2. The number of hydrogen-bond donors (Lipinski definition) is 0.